The molecule has 1 amide bonds. The van der Waals surface area contributed by atoms with E-state index in [9.17, 15) is 9.59 Å². The van der Waals surface area contributed by atoms with E-state index in [0.717, 1.165) is 47.8 Å². The fourth-order valence-electron chi connectivity index (χ4n) is 3.85. The molecule has 0 spiro atoms. The highest BCUT2D eigenvalue weighted by Gasteiger charge is 2.28. The van der Waals surface area contributed by atoms with Crippen molar-refractivity contribution in [2.45, 2.75) is 65.0 Å². The average Bonchev–Trinajstić information content (AvgIpc) is 2.67. The van der Waals surface area contributed by atoms with Gasteiger partial charge in [0, 0.05) is 24.2 Å². The summed E-state index contributed by atoms with van der Waals surface area (Å²) in [5.74, 6) is -0.615. The van der Waals surface area contributed by atoms with E-state index >= 15 is 0 Å². The number of amides is 1. The van der Waals surface area contributed by atoms with Crippen molar-refractivity contribution < 1.29 is 14.3 Å². The second kappa shape index (κ2) is 8.07. The van der Waals surface area contributed by atoms with Gasteiger partial charge in [-0.1, -0.05) is 30.9 Å². The Labute approximate surface area is 160 Å². The Morgan fingerprint density at radius 1 is 1.15 bits per heavy atom. The maximum atomic E-state index is 12.8. The first-order valence-corrected chi connectivity index (χ1v) is 9.72. The zero-order valence-corrected chi connectivity index (χ0v) is 16.6. The van der Waals surface area contributed by atoms with Crippen molar-refractivity contribution in [2.75, 3.05) is 7.05 Å². The molecule has 1 heterocycles. The summed E-state index contributed by atoms with van der Waals surface area (Å²) in [5.41, 5.74) is 3.01. The monoisotopic (exact) mass is 368 g/mol. The van der Waals surface area contributed by atoms with Crippen molar-refractivity contribution in [3.8, 4) is 0 Å². The third-order valence-corrected chi connectivity index (χ3v) is 5.41. The molecule has 1 unspecified atom stereocenters. The predicted molar refractivity (Wildman–Crippen MR) is 106 cm³/mol. The van der Waals surface area contributed by atoms with Crippen LogP contribution in [0.25, 0.3) is 10.9 Å². The van der Waals surface area contributed by atoms with E-state index in [1.165, 1.54) is 6.42 Å². The summed E-state index contributed by atoms with van der Waals surface area (Å²) in [6, 6.07) is 7.78. The number of hydrogen-bond donors (Lipinski definition) is 0. The summed E-state index contributed by atoms with van der Waals surface area (Å²) in [7, 11) is 1.82. The van der Waals surface area contributed by atoms with Crippen LogP contribution in [0.5, 0.6) is 0 Å². The molecule has 1 atom stereocenters. The van der Waals surface area contributed by atoms with Crippen molar-refractivity contribution >= 4 is 22.8 Å². The van der Waals surface area contributed by atoms with Crippen LogP contribution in [0, 0.1) is 13.8 Å². The molecule has 2 aromatic rings. The van der Waals surface area contributed by atoms with Gasteiger partial charge in [0.25, 0.3) is 5.91 Å². The van der Waals surface area contributed by atoms with Gasteiger partial charge in [-0.15, -0.1) is 0 Å². The summed E-state index contributed by atoms with van der Waals surface area (Å²) >= 11 is 0. The van der Waals surface area contributed by atoms with Gasteiger partial charge in [-0.2, -0.15) is 0 Å². The third kappa shape index (κ3) is 4.29. The van der Waals surface area contributed by atoms with Gasteiger partial charge in [-0.25, -0.2) is 4.79 Å². The number of carbonyl (C=O) groups excluding carboxylic acids is 2. The molecule has 0 aliphatic heterocycles. The standard InChI is InChI=1S/C22H28N2O3/c1-14-10-11-20-18(12-14)19(13-15(2)23-20)22(26)27-16(3)21(25)24(4)17-8-6-5-7-9-17/h10-13,16-17H,5-9H2,1-4H3. The largest absolute Gasteiger partial charge is 0.449 e. The van der Waals surface area contributed by atoms with E-state index < -0.39 is 12.1 Å². The summed E-state index contributed by atoms with van der Waals surface area (Å²) in [4.78, 5) is 31.8. The van der Waals surface area contributed by atoms with Gasteiger partial charge in [0.1, 0.15) is 0 Å². The second-order valence-corrected chi connectivity index (χ2v) is 7.62. The topological polar surface area (TPSA) is 59.5 Å². The lowest BCUT2D eigenvalue weighted by atomic mass is 9.94. The first-order valence-electron chi connectivity index (χ1n) is 9.72. The highest BCUT2D eigenvalue weighted by Crippen LogP contribution is 2.24. The summed E-state index contributed by atoms with van der Waals surface area (Å²) < 4.78 is 5.56. The molecule has 1 aromatic heterocycles. The molecule has 3 rings (SSSR count). The smallest absolute Gasteiger partial charge is 0.339 e. The Hall–Kier alpha value is -2.43. The molecule has 1 saturated carbocycles. The third-order valence-electron chi connectivity index (χ3n) is 5.41. The number of esters is 1. The zero-order chi connectivity index (χ0) is 19.6. The molecular formula is C22H28N2O3. The number of fused-ring (bicyclic) bond motifs is 1. The SMILES string of the molecule is Cc1ccc2nc(C)cc(C(=O)OC(C)C(=O)N(C)C3CCCCC3)c2c1. The molecule has 144 valence electrons. The van der Waals surface area contributed by atoms with Crippen molar-refractivity contribution in [2.24, 2.45) is 0 Å². The average molecular weight is 368 g/mol. The molecular weight excluding hydrogens is 340 g/mol. The first kappa shape index (κ1) is 19.3. The quantitative estimate of drug-likeness (QED) is 0.759. The first-order chi connectivity index (χ1) is 12.9. The van der Waals surface area contributed by atoms with Gasteiger partial charge < -0.3 is 9.64 Å². The summed E-state index contributed by atoms with van der Waals surface area (Å²) in [5, 5.41) is 0.755. The molecule has 27 heavy (non-hydrogen) atoms. The van der Waals surface area contributed by atoms with E-state index in [4.69, 9.17) is 4.74 Å². The van der Waals surface area contributed by atoms with E-state index in [1.54, 1.807) is 17.9 Å². The van der Waals surface area contributed by atoms with Gasteiger partial charge in [-0.05, 0) is 51.8 Å². The molecule has 5 heteroatoms. The van der Waals surface area contributed by atoms with Gasteiger partial charge >= 0.3 is 5.97 Å². The lowest BCUT2D eigenvalue weighted by Crippen LogP contribution is -2.44. The predicted octanol–water partition coefficient (Wildman–Crippen LogP) is 4.19. The number of aromatic nitrogens is 1. The van der Waals surface area contributed by atoms with E-state index in [0.29, 0.717) is 5.56 Å². The Morgan fingerprint density at radius 2 is 1.85 bits per heavy atom. The minimum absolute atomic E-state index is 0.137. The van der Waals surface area contributed by atoms with Crippen LogP contribution in [0.2, 0.25) is 0 Å². The minimum Gasteiger partial charge on any atom is -0.449 e. The van der Waals surface area contributed by atoms with Crippen molar-refractivity contribution in [1.29, 1.82) is 0 Å². The van der Waals surface area contributed by atoms with Crippen LogP contribution < -0.4 is 0 Å². The van der Waals surface area contributed by atoms with Crippen LogP contribution in [0.3, 0.4) is 0 Å². The van der Waals surface area contributed by atoms with E-state index in [2.05, 4.69) is 4.98 Å². The fourth-order valence-corrected chi connectivity index (χ4v) is 3.85. The molecule has 1 aliphatic carbocycles. The highest BCUT2D eigenvalue weighted by atomic mass is 16.5. The second-order valence-electron chi connectivity index (χ2n) is 7.62. The normalized spacial score (nSPS) is 16.1. The number of nitrogens with zero attached hydrogens (tertiary/aromatic N) is 2. The molecule has 1 aromatic carbocycles. The number of carbonyl (C=O) groups is 2. The number of pyridine rings is 1. The number of rotatable bonds is 4. The van der Waals surface area contributed by atoms with Crippen LogP contribution in [0.4, 0.5) is 0 Å². The molecule has 0 radical (unpaired) electrons. The lowest BCUT2D eigenvalue weighted by molar-refractivity contribution is -0.141. The highest BCUT2D eigenvalue weighted by molar-refractivity contribution is 6.04. The van der Waals surface area contributed by atoms with Crippen LogP contribution in [-0.4, -0.2) is 41.0 Å². The molecule has 1 fully saturated rings. The maximum absolute atomic E-state index is 12.8. The van der Waals surface area contributed by atoms with Crippen LogP contribution in [0.15, 0.2) is 24.3 Å². The van der Waals surface area contributed by atoms with E-state index in [-0.39, 0.29) is 11.9 Å². The van der Waals surface area contributed by atoms with Crippen molar-refractivity contribution in [3.63, 3.8) is 0 Å². The van der Waals surface area contributed by atoms with Crippen LogP contribution in [0.1, 0.15) is 60.6 Å². The lowest BCUT2D eigenvalue weighted by Gasteiger charge is -2.32. The number of ether oxygens (including phenoxy) is 1. The van der Waals surface area contributed by atoms with Gasteiger partial charge in [-0.3, -0.25) is 9.78 Å². The minimum atomic E-state index is -0.808. The Bertz CT molecular complexity index is 856. The molecule has 0 N–H and O–H groups in total. The number of likely N-dealkylation sites (N-methyl/N-ethyl adjacent to an activating group) is 1. The fraction of sp³-hybridized carbons (Fsp3) is 0.500. The van der Waals surface area contributed by atoms with Crippen LogP contribution in [-0.2, 0) is 9.53 Å². The number of benzene rings is 1. The molecule has 5 nitrogen and oxygen atoms in total. The van der Waals surface area contributed by atoms with Gasteiger partial charge in [0.15, 0.2) is 6.10 Å². The van der Waals surface area contributed by atoms with Crippen LogP contribution >= 0.6 is 0 Å². The van der Waals surface area contributed by atoms with Gasteiger partial charge in [0.2, 0.25) is 0 Å². The van der Waals surface area contributed by atoms with Crippen molar-refractivity contribution in [1.82, 2.24) is 9.88 Å². The van der Waals surface area contributed by atoms with Crippen molar-refractivity contribution in [3.05, 3.63) is 41.1 Å². The maximum Gasteiger partial charge on any atom is 0.339 e. The molecule has 0 saturated heterocycles. The summed E-state index contributed by atoms with van der Waals surface area (Å²) in [6.07, 6.45) is 4.78. The Morgan fingerprint density at radius 3 is 2.56 bits per heavy atom. The summed E-state index contributed by atoms with van der Waals surface area (Å²) in [6.45, 7) is 5.47. The number of aryl methyl sites for hydroxylation is 2. The number of hydrogen-bond acceptors (Lipinski definition) is 4. The zero-order valence-electron chi connectivity index (χ0n) is 16.6. The van der Waals surface area contributed by atoms with E-state index in [1.807, 2.05) is 39.1 Å². The van der Waals surface area contributed by atoms with Gasteiger partial charge in [0.05, 0.1) is 11.1 Å². The molecule has 0 bridgehead atoms. The molecule has 1 aliphatic rings. The Balaban J connectivity index is 1.77. The Kier molecular flexibility index (Phi) is 5.78.